The molecule has 7 heteroatoms. The van der Waals surface area contributed by atoms with Gasteiger partial charge in [-0.3, -0.25) is 4.79 Å². The van der Waals surface area contributed by atoms with Crippen LogP contribution in [-0.4, -0.2) is 51.7 Å². The Morgan fingerprint density at radius 2 is 1.91 bits per heavy atom. The second-order valence-electron chi connectivity index (χ2n) is 4.47. The Bertz CT molecular complexity index is 584. The zero-order valence-corrected chi connectivity index (χ0v) is 13.6. The second kappa shape index (κ2) is 8.29. The van der Waals surface area contributed by atoms with E-state index < -0.39 is 5.97 Å². The summed E-state index contributed by atoms with van der Waals surface area (Å²) in [5, 5.41) is 0.359. The Hall–Kier alpha value is -2.21. The summed E-state index contributed by atoms with van der Waals surface area (Å²) in [6, 6.07) is 3.29. The average molecular weight is 328 g/mol. The monoisotopic (exact) mass is 327 g/mol. The van der Waals surface area contributed by atoms with E-state index in [1.54, 1.807) is 26.2 Å². The molecular formula is C15H18ClNO5. The number of esters is 1. The molecule has 0 fully saturated rings. The van der Waals surface area contributed by atoms with Crippen LogP contribution in [0, 0.1) is 0 Å². The van der Waals surface area contributed by atoms with Gasteiger partial charge in [0.25, 0.3) is 5.91 Å². The van der Waals surface area contributed by atoms with Crippen LogP contribution in [0.1, 0.15) is 5.56 Å². The maximum Gasteiger partial charge on any atom is 0.331 e. The molecule has 1 aromatic rings. The van der Waals surface area contributed by atoms with Crippen LogP contribution in [0.3, 0.4) is 0 Å². The summed E-state index contributed by atoms with van der Waals surface area (Å²) in [5.41, 5.74) is 0.638. The van der Waals surface area contributed by atoms with Crippen LogP contribution in [0.4, 0.5) is 0 Å². The van der Waals surface area contributed by atoms with E-state index in [1.807, 2.05) is 0 Å². The molecule has 0 atom stereocenters. The molecule has 0 aliphatic heterocycles. The van der Waals surface area contributed by atoms with Crippen LogP contribution in [-0.2, 0) is 14.3 Å². The van der Waals surface area contributed by atoms with Crippen molar-refractivity contribution in [2.45, 2.75) is 0 Å². The fraction of sp³-hybridized carbons (Fsp3) is 0.333. The van der Waals surface area contributed by atoms with Crippen LogP contribution in [0.2, 0.25) is 5.02 Å². The van der Waals surface area contributed by atoms with Crippen molar-refractivity contribution in [2.24, 2.45) is 0 Å². The molecule has 1 rings (SSSR count). The molecule has 0 bridgehead atoms. The number of nitrogens with zero attached hydrogens (tertiary/aromatic N) is 1. The normalized spacial score (nSPS) is 10.4. The van der Waals surface area contributed by atoms with Crippen LogP contribution in [0.15, 0.2) is 18.2 Å². The molecule has 0 aliphatic carbocycles. The van der Waals surface area contributed by atoms with Gasteiger partial charge in [0.1, 0.15) is 0 Å². The third-order valence-corrected chi connectivity index (χ3v) is 2.99. The highest BCUT2D eigenvalue weighted by Crippen LogP contribution is 2.36. The molecule has 6 nitrogen and oxygen atoms in total. The molecule has 0 N–H and O–H groups in total. The maximum absolute atomic E-state index is 11.5. The molecule has 0 aliphatic rings. The van der Waals surface area contributed by atoms with Gasteiger partial charge in [0.05, 0.1) is 19.2 Å². The van der Waals surface area contributed by atoms with Gasteiger partial charge < -0.3 is 19.1 Å². The van der Waals surface area contributed by atoms with E-state index in [9.17, 15) is 9.59 Å². The Kier molecular flexibility index (Phi) is 6.72. The predicted octanol–water partition coefficient (Wildman–Crippen LogP) is 2.00. The molecule has 0 radical (unpaired) electrons. The third-order valence-electron chi connectivity index (χ3n) is 2.70. The summed E-state index contributed by atoms with van der Waals surface area (Å²) in [5.74, 6) is -0.0525. The topological polar surface area (TPSA) is 65.1 Å². The highest BCUT2D eigenvalue weighted by atomic mass is 35.5. The minimum Gasteiger partial charge on any atom is -0.493 e. The van der Waals surface area contributed by atoms with Gasteiger partial charge >= 0.3 is 5.97 Å². The van der Waals surface area contributed by atoms with Crippen molar-refractivity contribution in [3.05, 3.63) is 28.8 Å². The largest absolute Gasteiger partial charge is 0.493 e. The number of ether oxygens (including phenoxy) is 3. The number of hydrogen-bond acceptors (Lipinski definition) is 5. The molecule has 1 aromatic carbocycles. The molecule has 22 heavy (non-hydrogen) atoms. The number of amides is 1. The van der Waals surface area contributed by atoms with Gasteiger partial charge in [-0.1, -0.05) is 11.6 Å². The SMILES string of the molecule is COc1cc(/C=C/C(=O)OCC(=O)N(C)C)cc(Cl)c1OC. The first-order chi connectivity index (χ1) is 10.4. The highest BCUT2D eigenvalue weighted by molar-refractivity contribution is 6.32. The molecule has 0 heterocycles. The predicted molar refractivity (Wildman–Crippen MR) is 83.2 cm³/mol. The number of likely N-dealkylation sites (N-methyl/N-ethyl adjacent to an activating group) is 1. The lowest BCUT2D eigenvalue weighted by Crippen LogP contribution is -2.27. The van der Waals surface area contributed by atoms with Crippen molar-refractivity contribution in [3.63, 3.8) is 0 Å². The summed E-state index contributed by atoms with van der Waals surface area (Å²) in [6.07, 6.45) is 2.72. The minimum absolute atomic E-state index is 0.295. The van der Waals surface area contributed by atoms with Crippen LogP contribution in [0.25, 0.3) is 6.08 Å². The van der Waals surface area contributed by atoms with Crippen molar-refractivity contribution in [1.29, 1.82) is 0 Å². The zero-order valence-electron chi connectivity index (χ0n) is 12.9. The van der Waals surface area contributed by atoms with E-state index in [4.69, 9.17) is 25.8 Å². The maximum atomic E-state index is 11.5. The number of benzene rings is 1. The Labute approximate surface area is 134 Å². The number of methoxy groups -OCH3 is 2. The Morgan fingerprint density at radius 3 is 2.45 bits per heavy atom. The lowest BCUT2D eigenvalue weighted by atomic mass is 10.2. The standard InChI is InChI=1S/C15H18ClNO5/c1-17(2)13(18)9-22-14(19)6-5-10-7-11(16)15(21-4)12(8-10)20-3/h5-8H,9H2,1-4H3/b6-5+. The molecule has 0 unspecified atom stereocenters. The first-order valence-corrected chi connectivity index (χ1v) is 6.73. The molecule has 120 valence electrons. The van der Waals surface area contributed by atoms with Crippen LogP contribution >= 0.6 is 11.6 Å². The quantitative estimate of drug-likeness (QED) is 0.590. The smallest absolute Gasteiger partial charge is 0.331 e. The van der Waals surface area contributed by atoms with Gasteiger partial charge in [0.2, 0.25) is 0 Å². The van der Waals surface area contributed by atoms with Crippen LogP contribution < -0.4 is 9.47 Å². The fourth-order valence-corrected chi connectivity index (χ4v) is 1.80. The summed E-state index contributed by atoms with van der Waals surface area (Å²) in [7, 11) is 6.14. The Balaban J connectivity index is 2.76. The first-order valence-electron chi connectivity index (χ1n) is 6.35. The lowest BCUT2D eigenvalue weighted by Gasteiger charge is -2.10. The van der Waals surface area contributed by atoms with E-state index in [0.717, 1.165) is 0 Å². The van der Waals surface area contributed by atoms with E-state index >= 15 is 0 Å². The summed E-state index contributed by atoms with van der Waals surface area (Å²) < 4.78 is 15.1. The van der Waals surface area contributed by atoms with Gasteiger partial charge in [0.15, 0.2) is 18.1 Å². The van der Waals surface area contributed by atoms with E-state index in [1.165, 1.54) is 31.3 Å². The number of carbonyl (C=O) groups is 2. The van der Waals surface area contributed by atoms with E-state index in [2.05, 4.69) is 0 Å². The van der Waals surface area contributed by atoms with Crippen molar-refractivity contribution < 1.29 is 23.8 Å². The molecule has 0 aromatic heterocycles. The van der Waals surface area contributed by atoms with Crippen molar-refractivity contribution in [1.82, 2.24) is 4.90 Å². The lowest BCUT2D eigenvalue weighted by molar-refractivity contribution is -0.146. The number of rotatable bonds is 6. The van der Waals surface area contributed by atoms with Gasteiger partial charge in [-0.05, 0) is 23.8 Å². The molecule has 0 spiro atoms. The molecule has 0 saturated heterocycles. The first kappa shape index (κ1) is 17.8. The molecule has 1 amide bonds. The minimum atomic E-state index is -0.624. The van der Waals surface area contributed by atoms with Gasteiger partial charge in [-0.2, -0.15) is 0 Å². The summed E-state index contributed by atoms with van der Waals surface area (Å²) >= 11 is 6.06. The highest BCUT2D eigenvalue weighted by Gasteiger charge is 2.10. The van der Waals surface area contributed by atoms with E-state index in [0.29, 0.717) is 22.1 Å². The number of halogens is 1. The Morgan fingerprint density at radius 1 is 1.23 bits per heavy atom. The number of carbonyl (C=O) groups excluding carboxylic acids is 2. The van der Waals surface area contributed by atoms with Gasteiger partial charge in [0, 0.05) is 20.2 Å². The summed E-state index contributed by atoms with van der Waals surface area (Å²) in [4.78, 5) is 24.2. The van der Waals surface area contributed by atoms with Gasteiger partial charge in [-0.25, -0.2) is 4.79 Å². The van der Waals surface area contributed by atoms with Gasteiger partial charge in [-0.15, -0.1) is 0 Å². The van der Waals surface area contributed by atoms with Crippen molar-refractivity contribution in [3.8, 4) is 11.5 Å². The fourth-order valence-electron chi connectivity index (χ4n) is 1.51. The average Bonchev–Trinajstić information content (AvgIpc) is 2.49. The van der Waals surface area contributed by atoms with Crippen LogP contribution in [0.5, 0.6) is 11.5 Å². The second-order valence-corrected chi connectivity index (χ2v) is 4.87. The third kappa shape index (κ3) is 4.96. The van der Waals surface area contributed by atoms with Crippen molar-refractivity contribution in [2.75, 3.05) is 34.9 Å². The molecule has 0 saturated carbocycles. The molecular weight excluding hydrogens is 310 g/mol. The number of hydrogen-bond donors (Lipinski definition) is 0. The summed E-state index contributed by atoms with van der Waals surface area (Å²) in [6.45, 7) is -0.303. The zero-order chi connectivity index (χ0) is 16.7. The van der Waals surface area contributed by atoms with E-state index in [-0.39, 0.29) is 12.5 Å². The van der Waals surface area contributed by atoms with Crippen molar-refractivity contribution >= 4 is 29.6 Å².